The number of aromatic nitrogens is 3. The molecule has 0 aliphatic rings. The normalized spacial score (nSPS) is 10.9. The van der Waals surface area contributed by atoms with E-state index in [2.05, 4.69) is 15.1 Å². The first kappa shape index (κ1) is 11.9. The van der Waals surface area contributed by atoms with Crippen molar-refractivity contribution in [2.75, 3.05) is 0 Å². The van der Waals surface area contributed by atoms with Gasteiger partial charge in [-0.25, -0.2) is 4.98 Å². The third kappa shape index (κ3) is 2.63. The summed E-state index contributed by atoms with van der Waals surface area (Å²) >= 11 is 4.86. The highest BCUT2D eigenvalue weighted by atomic mass is 32.2. The summed E-state index contributed by atoms with van der Waals surface area (Å²) in [6.07, 6.45) is 0. The first-order valence-corrected chi connectivity index (χ1v) is 7.97. The van der Waals surface area contributed by atoms with Gasteiger partial charge < -0.3 is 4.52 Å². The van der Waals surface area contributed by atoms with Crippen LogP contribution in [-0.2, 0) is 5.75 Å². The average Bonchev–Trinajstić information content (AvgIpc) is 3.07. The minimum absolute atomic E-state index is 0.635. The second-order valence-corrected chi connectivity index (χ2v) is 6.56. The lowest BCUT2D eigenvalue weighted by Gasteiger charge is -1.90. The number of hydrogen-bond acceptors (Lipinski definition) is 7. The maximum absolute atomic E-state index is 5.22. The zero-order chi connectivity index (χ0) is 12.4. The highest BCUT2D eigenvalue weighted by Gasteiger charge is 2.10. The molecule has 0 radical (unpaired) electrons. The summed E-state index contributed by atoms with van der Waals surface area (Å²) in [5.41, 5.74) is 1.05. The van der Waals surface area contributed by atoms with Crippen LogP contribution in [0.1, 0.15) is 11.6 Å². The molecule has 0 aromatic carbocycles. The number of rotatable bonds is 4. The van der Waals surface area contributed by atoms with Gasteiger partial charge in [-0.3, -0.25) is 0 Å². The van der Waals surface area contributed by atoms with E-state index >= 15 is 0 Å². The van der Waals surface area contributed by atoms with Crippen LogP contribution in [-0.4, -0.2) is 15.1 Å². The summed E-state index contributed by atoms with van der Waals surface area (Å²) in [6.45, 7) is 1.99. The molecule has 3 rings (SSSR count). The Morgan fingerprint density at radius 3 is 3.00 bits per heavy atom. The monoisotopic (exact) mass is 295 g/mol. The van der Waals surface area contributed by atoms with Crippen molar-refractivity contribution < 1.29 is 4.52 Å². The molecule has 0 bridgehead atoms. The molecule has 0 aliphatic carbocycles. The van der Waals surface area contributed by atoms with Crippen molar-refractivity contribution in [2.45, 2.75) is 17.0 Å². The molecular weight excluding hydrogens is 286 g/mol. The molecule has 0 atom stereocenters. The molecule has 0 saturated carbocycles. The van der Waals surface area contributed by atoms with Gasteiger partial charge in [-0.15, -0.1) is 22.7 Å². The SMILES string of the molecule is Cc1csc(SCc2nc(-c3cccs3)no2)n1. The molecule has 18 heavy (non-hydrogen) atoms. The third-order valence-corrected chi connectivity index (χ3v) is 5.12. The van der Waals surface area contributed by atoms with Gasteiger partial charge in [0.1, 0.15) is 0 Å². The van der Waals surface area contributed by atoms with Crippen molar-refractivity contribution in [1.29, 1.82) is 0 Å². The fraction of sp³-hybridized carbons (Fsp3) is 0.182. The molecule has 0 aliphatic heterocycles. The Morgan fingerprint density at radius 1 is 1.33 bits per heavy atom. The Labute approximate surface area is 116 Å². The predicted molar refractivity (Wildman–Crippen MR) is 74.0 cm³/mol. The smallest absolute Gasteiger partial charge is 0.237 e. The predicted octanol–water partition coefficient (Wildman–Crippen LogP) is 3.86. The van der Waals surface area contributed by atoms with Crippen LogP contribution in [0, 0.1) is 6.92 Å². The topological polar surface area (TPSA) is 51.8 Å². The standard InChI is InChI=1S/C11H9N3OS3/c1-7-5-17-11(12-7)18-6-9-13-10(14-15-9)8-3-2-4-16-8/h2-5H,6H2,1H3. The van der Waals surface area contributed by atoms with Crippen LogP contribution >= 0.6 is 34.4 Å². The van der Waals surface area contributed by atoms with E-state index in [1.807, 2.05) is 29.8 Å². The summed E-state index contributed by atoms with van der Waals surface area (Å²) in [4.78, 5) is 9.77. The van der Waals surface area contributed by atoms with Crippen LogP contribution in [0.4, 0.5) is 0 Å². The molecule has 3 heterocycles. The van der Waals surface area contributed by atoms with Crippen molar-refractivity contribution in [3.8, 4) is 10.7 Å². The van der Waals surface area contributed by atoms with Gasteiger partial charge >= 0.3 is 0 Å². The zero-order valence-electron chi connectivity index (χ0n) is 9.49. The minimum atomic E-state index is 0.635. The van der Waals surface area contributed by atoms with Crippen LogP contribution in [0.2, 0.25) is 0 Å². The number of thioether (sulfide) groups is 1. The van der Waals surface area contributed by atoms with E-state index in [1.54, 1.807) is 34.4 Å². The van der Waals surface area contributed by atoms with E-state index in [-0.39, 0.29) is 0 Å². The molecular formula is C11H9N3OS3. The quantitative estimate of drug-likeness (QED) is 0.684. The Morgan fingerprint density at radius 2 is 2.28 bits per heavy atom. The van der Waals surface area contributed by atoms with Crippen molar-refractivity contribution in [2.24, 2.45) is 0 Å². The Kier molecular flexibility index (Phi) is 3.44. The number of hydrogen-bond donors (Lipinski definition) is 0. The molecule has 7 heteroatoms. The highest BCUT2D eigenvalue weighted by molar-refractivity contribution is 8.00. The van der Waals surface area contributed by atoms with Crippen LogP contribution in [0.3, 0.4) is 0 Å². The summed E-state index contributed by atoms with van der Waals surface area (Å²) in [6, 6.07) is 3.96. The number of aryl methyl sites for hydroxylation is 1. The fourth-order valence-electron chi connectivity index (χ4n) is 1.34. The highest BCUT2D eigenvalue weighted by Crippen LogP contribution is 2.27. The van der Waals surface area contributed by atoms with Crippen LogP contribution < -0.4 is 0 Å². The molecule has 4 nitrogen and oxygen atoms in total. The molecule has 0 spiro atoms. The van der Waals surface area contributed by atoms with Gasteiger partial charge in [-0.05, 0) is 18.4 Å². The number of thiophene rings is 1. The minimum Gasteiger partial charge on any atom is -0.338 e. The molecule has 0 fully saturated rings. The van der Waals surface area contributed by atoms with Crippen LogP contribution in [0.15, 0.2) is 31.8 Å². The van der Waals surface area contributed by atoms with E-state index in [0.717, 1.165) is 14.9 Å². The van der Waals surface area contributed by atoms with Gasteiger partial charge in [0.25, 0.3) is 0 Å². The van der Waals surface area contributed by atoms with Crippen molar-refractivity contribution in [3.63, 3.8) is 0 Å². The van der Waals surface area contributed by atoms with E-state index in [4.69, 9.17) is 4.52 Å². The molecule has 92 valence electrons. The van der Waals surface area contributed by atoms with Gasteiger partial charge in [0.05, 0.1) is 10.6 Å². The molecule has 3 aromatic heterocycles. The van der Waals surface area contributed by atoms with Crippen molar-refractivity contribution >= 4 is 34.4 Å². The maximum atomic E-state index is 5.22. The van der Waals surface area contributed by atoms with Gasteiger partial charge in [-0.2, -0.15) is 4.98 Å². The first-order chi connectivity index (χ1) is 8.81. The summed E-state index contributed by atoms with van der Waals surface area (Å²) in [5, 5.41) is 8.00. The lowest BCUT2D eigenvalue weighted by molar-refractivity contribution is 0.392. The van der Waals surface area contributed by atoms with Crippen molar-refractivity contribution in [1.82, 2.24) is 15.1 Å². The van der Waals surface area contributed by atoms with Gasteiger partial charge in [0.2, 0.25) is 11.7 Å². The van der Waals surface area contributed by atoms with E-state index < -0.39 is 0 Å². The molecule has 0 unspecified atom stereocenters. The molecule has 0 saturated heterocycles. The maximum Gasteiger partial charge on any atom is 0.237 e. The summed E-state index contributed by atoms with van der Waals surface area (Å²) in [5.74, 6) is 1.96. The third-order valence-electron chi connectivity index (χ3n) is 2.13. The molecule has 0 N–H and O–H groups in total. The average molecular weight is 295 g/mol. The van der Waals surface area contributed by atoms with Crippen LogP contribution in [0.25, 0.3) is 10.7 Å². The Bertz CT molecular complexity index is 630. The van der Waals surface area contributed by atoms with Gasteiger partial charge in [0.15, 0.2) is 4.34 Å². The Balaban J connectivity index is 1.67. The number of thiazole rings is 1. The van der Waals surface area contributed by atoms with E-state index in [1.165, 1.54) is 0 Å². The molecule has 0 amide bonds. The van der Waals surface area contributed by atoms with Crippen molar-refractivity contribution in [3.05, 3.63) is 34.5 Å². The largest absolute Gasteiger partial charge is 0.338 e. The zero-order valence-corrected chi connectivity index (χ0v) is 11.9. The summed E-state index contributed by atoms with van der Waals surface area (Å²) in [7, 11) is 0. The number of nitrogens with zero attached hydrogens (tertiary/aromatic N) is 3. The summed E-state index contributed by atoms with van der Waals surface area (Å²) < 4.78 is 6.25. The Hall–Kier alpha value is -1.18. The molecule has 3 aromatic rings. The lowest BCUT2D eigenvalue weighted by Crippen LogP contribution is -1.81. The van der Waals surface area contributed by atoms with Crippen LogP contribution in [0.5, 0.6) is 0 Å². The fourth-order valence-corrected chi connectivity index (χ4v) is 3.68. The van der Waals surface area contributed by atoms with E-state index in [9.17, 15) is 0 Å². The second-order valence-electron chi connectivity index (χ2n) is 3.53. The van der Waals surface area contributed by atoms with Gasteiger partial charge in [-0.1, -0.05) is 23.0 Å². The van der Waals surface area contributed by atoms with E-state index in [0.29, 0.717) is 17.5 Å². The lowest BCUT2D eigenvalue weighted by atomic mass is 10.4. The second kappa shape index (κ2) is 5.21. The van der Waals surface area contributed by atoms with Gasteiger partial charge in [0, 0.05) is 11.1 Å². The first-order valence-electron chi connectivity index (χ1n) is 5.22.